The van der Waals surface area contributed by atoms with E-state index in [1.54, 1.807) is 24.9 Å². The third-order valence-electron chi connectivity index (χ3n) is 2.88. The molecule has 1 aromatic rings. The van der Waals surface area contributed by atoms with Gasteiger partial charge in [0.25, 0.3) is 0 Å². The highest BCUT2D eigenvalue weighted by Crippen LogP contribution is 2.40. The van der Waals surface area contributed by atoms with Crippen LogP contribution in [0.1, 0.15) is 30.6 Å². The Kier molecular flexibility index (Phi) is 3.40. The van der Waals surface area contributed by atoms with Gasteiger partial charge in [-0.1, -0.05) is 6.92 Å². The Bertz CT molecular complexity index is 395. The smallest absolute Gasteiger partial charge is 0.129 e. The number of halogens is 1. The number of methoxy groups -OCH3 is 1. The molecule has 2 rings (SSSR count). The van der Waals surface area contributed by atoms with Gasteiger partial charge in [-0.15, -0.1) is 0 Å². The third-order valence-corrected chi connectivity index (χ3v) is 4.10. The van der Waals surface area contributed by atoms with Crippen LogP contribution in [0.5, 0.6) is 5.75 Å². The van der Waals surface area contributed by atoms with Gasteiger partial charge >= 0.3 is 0 Å². The van der Waals surface area contributed by atoms with Crippen molar-refractivity contribution in [1.82, 2.24) is 0 Å². The van der Waals surface area contributed by atoms with E-state index < -0.39 is 6.10 Å². The molecule has 0 amide bonds. The predicted octanol–water partition coefficient (Wildman–Crippen LogP) is 2.89. The minimum atomic E-state index is -0.727. The number of hydrogen-bond acceptors (Lipinski definition) is 3. The minimum Gasteiger partial charge on any atom is -0.496 e. The van der Waals surface area contributed by atoms with Crippen molar-refractivity contribution in [2.45, 2.75) is 30.5 Å². The molecule has 1 aromatic carbocycles. The van der Waals surface area contributed by atoms with Crippen LogP contribution in [-0.2, 0) is 5.75 Å². The summed E-state index contributed by atoms with van der Waals surface area (Å²) in [6, 6.07) is 2.99. The van der Waals surface area contributed by atoms with E-state index >= 15 is 0 Å². The fraction of sp³-hybridized carbons (Fsp3) is 0.500. The van der Waals surface area contributed by atoms with Crippen LogP contribution in [0.2, 0.25) is 0 Å². The standard InChI is InChI=1S/C12H15FO2S/c1-7-5-10(14)12-8(6-16-7)11(15-2)4-3-9(12)13/h3-4,7,10,14H,5-6H2,1-2H3. The number of thioether (sulfide) groups is 1. The van der Waals surface area contributed by atoms with Crippen molar-refractivity contribution in [3.05, 3.63) is 29.1 Å². The molecule has 0 aliphatic carbocycles. The molecule has 4 heteroatoms. The van der Waals surface area contributed by atoms with Crippen molar-refractivity contribution >= 4 is 11.8 Å². The lowest BCUT2D eigenvalue weighted by molar-refractivity contribution is 0.163. The summed E-state index contributed by atoms with van der Waals surface area (Å²) in [7, 11) is 1.57. The summed E-state index contributed by atoms with van der Waals surface area (Å²) in [5.41, 5.74) is 1.21. The van der Waals surface area contributed by atoms with Gasteiger partial charge in [-0.25, -0.2) is 4.39 Å². The van der Waals surface area contributed by atoms with Gasteiger partial charge in [0.1, 0.15) is 11.6 Å². The summed E-state index contributed by atoms with van der Waals surface area (Å²) in [6.07, 6.45) is -0.142. The maximum atomic E-state index is 13.7. The quantitative estimate of drug-likeness (QED) is 0.821. The van der Waals surface area contributed by atoms with E-state index in [-0.39, 0.29) is 5.82 Å². The molecule has 0 spiro atoms. The summed E-state index contributed by atoms with van der Waals surface area (Å²) >= 11 is 1.72. The molecule has 88 valence electrons. The van der Waals surface area contributed by atoms with Crippen LogP contribution < -0.4 is 4.74 Å². The topological polar surface area (TPSA) is 29.5 Å². The number of ether oxygens (including phenoxy) is 1. The first-order valence-corrected chi connectivity index (χ1v) is 6.33. The summed E-state index contributed by atoms with van der Waals surface area (Å²) in [6.45, 7) is 2.05. The second kappa shape index (κ2) is 4.63. The normalized spacial score (nSPS) is 24.8. The van der Waals surface area contributed by atoms with Crippen molar-refractivity contribution < 1.29 is 14.2 Å². The average molecular weight is 242 g/mol. The van der Waals surface area contributed by atoms with Gasteiger partial charge in [-0.05, 0) is 18.6 Å². The maximum absolute atomic E-state index is 13.7. The lowest BCUT2D eigenvalue weighted by Gasteiger charge is -2.15. The van der Waals surface area contributed by atoms with Crippen molar-refractivity contribution in [2.24, 2.45) is 0 Å². The Morgan fingerprint density at radius 2 is 2.25 bits per heavy atom. The van der Waals surface area contributed by atoms with Crippen LogP contribution >= 0.6 is 11.8 Å². The molecule has 0 saturated carbocycles. The van der Waals surface area contributed by atoms with Crippen LogP contribution in [0.15, 0.2) is 12.1 Å². The Hall–Kier alpha value is -0.740. The van der Waals surface area contributed by atoms with E-state index in [1.807, 2.05) is 6.92 Å². The van der Waals surface area contributed by atoms with Crippen molar-refractivity contribution in [2.75, 3.05) is 7.11 Å². The van der Waals surface area contributed by atoms with E-state index in [4.69, 9.17) is 4.74 Å². The van der Waals surface area contributed by atoms with Gasteiger partial charge < -0.3 is 9.84 Å². The van der Waals surface area contributed by atoms with Gasteiger partial charge in [0.05, 0.1) is 13.2 Å². The van der Waals surface area contributed by atoms with E-state index in [9.17, 15) is 9.50 Å². The van der Waals surface area contributed by atoms with E-state index in [2.05, 4.69) is 0 Å². The molecule has 0 fully saturated rings. The zero-order chi connectivity index (χ0) is 11.7. The summed E-state index contributed by atoms with van der Waals surface area (Å²) < 4.78 is 18.9. The number of fused-ring (bicyclic) bond motifs is 1. The molecule has 0 saturated heterocycles. The SMILES string of the molecule is COc1ccc(F)c2c1CSC(C)CC2O. The Labute approximate surface area is 98.8 Å². The molecule has 16 heavy (non-hydrogen) atoms. The first kappa shape index (κ1) is 11.7. The molecule has 1 aliphatic heterocycles. The fourth-order valence-electron chi connectivity index (χ4n) is 2.04. The molecule has 1 N–H and O–H groups in total. The van der Waals surface area contributed by atoms with Gasteiger partial charge in [0, 0.05) is 22.1 Å². The van der Waals surface area contributed by atoms with E-state index in [0.717, 1.165) is 5.56 Å². The van der Waals surface area contributed by atoms with Crippen LogP contribution in [0.25, 0.3) is 0 Å². The average Bonchev–Trinajstić information content (AvgIpc) is 2.39. The fourth-order valence-corrected chi connectivity index (χ4v) is 3.11. The van der Waals surface area contributed by atoms with Crippen LogP contribution in [-0.4, -0.2) is 17.5 Å². The zero-order valence-electron chi connectivity index (χ0n) is 9.37. The summed E-state index contributed by atoms with van der Waals surface area (Å²) in [4.78, 5) is 0. The lowest BCUT2D eigenvalue weighted by atomic mass is 9.99. The van der Waals surface area contributed by atoms with Crippen molar-refractivity contribution in [1.29, 1.82) is 0 Å². The molecular weight excluding hydrogens is 227 g/mol. The van der Waals surface area contributed by atoms with E-state index in [0.29, 0.717) is 28.7 Å². The molecule has 1 heterocycles. The molecule has 1 aliphatic rings. The molecule has 2 unspecified atom stereocenters. The largest absolute Gasteiger partial charge is 0.496 e. The molecule has 0 radical (unpaired) electrons. The second-order valence-corrected chi connectivity index (χ2v) is 5.44. The minimum absolute atomic E-state index is 0.325. The number of hydrogen-bond donors (Lipinski definition) is 1. The number of benzene rings is 1. The highest BCUT2D eigenvalue weighted by atomic mass is 32.2. The first-order chi connectivity index (χ1) is 7.63. The summed E-state index contributed by atoms with van der Waals surface area (Å²) in [5, 5.41) is 10.3. The maximum Gasteiger partial charge on any atom is 0.129 e. The van der Waals surface area contributed by atoms with Crippen molar-refractivity contribution in [3.63, 3.8) is 0 Å². The number of aliphatic hydroxyl groups excluding tert-OH is 1. The summed E-state index contributed by atoms with van der Waals surface area (Å²) in [5.74, 6) is 1.02. The molecule has 2 nitrogen and oxygen atoms in total. The Balaban J connectivity index is 2.52. The molecule has 2 atom stereocenters. The Morgan fingerprint density at radius 1 is 1.50 bits per heavy atom. The lowest BCUT2D eigenvalue weighted by Crippen LogP contribution is -2.06. The van der Waals surface area contributed by atoms with Gasteiger partial charge in [-0.2, -0.15) is 11.8 Å². The second-order valence-electron chi connectivity index (χ2n) is 4.01. The van der Waals surface area contributed by atoms with Crippen LogP contribution in [0.3, 0.4) is 0 Å². The highest BCUT2D eigenvalue weighted by Gasteiger charge is 2.26. The number of aliphatic hydroxyl groups is 1. The van der Waals surface area contributed by atoms with Crippen molar-refractivity contribution in [3.8, 4) is 5.75 Å². The zero-order valence-corrected chi connectivity index (χ0v) is 10.2. The molecule has 0 bridgehead atoms. The molecular formula is C12H15FO2S. The van der Waals surface area contributed by atoms with E-state index in [1.165, 1.54) is 6.07 Å². The van der Waals surface area contributed by atoms with Gasteiger partial charge in [0.15, 0.2) is 0 Å². The first-order valence-electron chi connectivity index (χ1n) is 5.28. The van der Waals surface area contributed by atoms with Gasteiger partial charge in [-0.3, -0.25) is 0 Å². The predicted molar refractivity (Wildman–Crippen MR) is 63.3 cm³/mol. The number of rotatable bonds is 1. The van der Waals surface area contributed by atoms with Crippen LogP contribution in [0, 0.1) is 5.82 Å². The molecule has 0 aromatic heterocycles. The van der Waals surface area contributed by atoms with Gasteiger partial charge in [0.2, 0.25) is 0 Å². The highest BCUT2D eigenvalue weighted by molar-refractivity contribution is 7.99. The monoisotopic (exact) mass is 242 g/mol. The third kappa shape index (κ3) is 2.04. The van der Waals surface area contributed by atoms with Crippen LogP contribution in [0.4, 0.5) is 4.39 Å². The Morgan fingerprint density at radius 3 is 2.94 bits per heavy atom.